The van der Waals surface area contributed by atoms with Gasteiger partial charge >= 0.3 is 0 Å². The third-order valence-electron chi connectivity index (χ3n) is 3.51. The standard InChI is InChI=1S/C18H12Cl2FN3O2/c19-11-5-6-13(20)16(9-11)22-17(25)10-24-18(26)8-7-15(23-24)12-3-1-2-4-14(12)21/h1-9H,10H2,(H,22,25). The number of rotatable bonds is 4. The molecular weight excluding hydrogens is 380 g/mol. The first kappa shape index (κ1) is 18.1. The van der Waals surface area contributed by atoms with E-state index in [-0.39, 0.29) is 17.8 Å². The van der Waals surface area contributed by atoms with Crippen LogP contribution in [-0.4, -0.2) is 15.7 Å². The number of benzene rings is 2. The van der Waals surface area contributed by atoms with Crippen molar-refractivity contribution in [3.63, 3.8) is 0 Å². The van der Waals surface area contributed by atoms with Crippen LogP contribution in [-0.2, 0) is 11.3 Å². The number of aromatic nitrogens is 2. The predicted molar refractivity (Wildman–Crippen MR) is 99.0 cm³/mol. The second-order valence-electron chi connectivity index (χ2n) is 5.37. The van der Waals surface area contributed by atoms with Crippen LogP contribution in [0.1, 0.15) is 0 Å². The molecule has 0 unspecified atom stereocenters. The molecule has 1 heterocycles. The van der Waals surface area contributed by atoms with Crippen LogP contribution in [0.5, 0.6) is 0 Å². The first-order valence-corrected chi connectivity index (χ1v) is 8.27. The van der Waals surface area contributed by atoms with Gasteiger partial charge < -0.3 is 5.32 Å². The Balaban J connectivity index is 1.84. The van der Waals surface area contributed by atoms with E-state index in [1.54, 1.807) is 24.3 Å². The third-order valence-corrected chi connectivity index (χ3v) is 4.08. The normalized spacial score (nSPS) is 10.6. The number of carbonyl (C=O) groups is 1. The zero-order chi connectivity index (χ0) is 18.7. The van der Waals surface area contributed by atoms with E-state index in [0.717, 1.165) is 4.68 Å². The molecule has 3 aromatic rings. The lowest BCUT2D eigenvalue weighted by molar-refractivity contribution is -0.117. The summed E-state index contributed by atoms with van der Waals surface area (Å²) in [6.45, 7) is -0.357. The van der Waals surface area contributed by atoms with Gasteiger partial charge in [-0.2, -0.15) is 5.10 Å². The highest BCUT2D eigenvalue weighted by atomic mass is 35.5. The molecule has 0 saturated carbocycles. The zero-order valence-electron chi connectivity index (χ0n) is 13.2. The van der Waals surface area contributed by atoms with Crippen LogP contribution >= 0.6 is 23.2 Å². The van der Waals surface area contributed by atoms with Gasteiger partial charge in [0.1, 0.15) is 12.4 Å². The molecule has 26 heavy (non-hydrogen) atoms. The Bertz CT molecular complexity index is 1040. The maximum absolute atomic E-state index is 13.9. The van der Waals surface area contributed by atoms with Crippen LogP contribution < -0.4 is 10.9 Å². The Labute approximate surface area is 158 Å². The second kappa shape index (κ2) is 7.68. The maximum Gasteiger partial charge on any atom is 0.267 e. The topological polar surface area (TPSA) is 64.0 Å². The van der Waals surface area contributed by atoms with E-state index in [9.17, 15) is 14.0 Å². The molecule has 0 saturated heterocycles. The number of amides is 1. The Kier molecular flexibility index (Phi) is 5.35. The molecule has 2 aromatic carbocycles. The minimum Gasteiger partial charge on any atom is -0.323 e. The van der Waals surface area contributed by atoms with Gasteiger partial charge in [0.2, 0.25) is 5.91 Å². The van der Waals surface area contributed by atoms with Crippen LogP contribution in [0.3, 0.4) is 0 Å². The lowest BCUT2D eigenvalue weighted by Crippen LogP contribution is -2.29. The van der Waals surface area contributed by atoms with Gasteiger partial charge in [0.15, 0.2) is 0 Å². The number of nitrogens with zero attached hydrogens (tertiary/aromatic N) is 2. The molecule has 0 fully saturated rings. The third kappa shape index (κ3) is 4.09. The molecule has 0 radical (unpaired) electrons. The molecule has 1 amide bonds. The summed E-state index contributed by atoms with van der Waals surface area (Å²) >= 11 is 11.9. The van der Waals surface area contributed by atoms with E-state index < -0.39 is 17.3 Å². The molecule has 0 bridgehead atoms. The van der Waals surface area contributed by atoms with Crippen LogP contribution in [0.2, 0.25) is 10.0 Å². The van der Waals surface area contributed by atoms with Crippen molar-refractivity contribution in [2.24, 2.45) is 0 Å². The first-order valence-electron chi connectivity index (χ1n) is 7.52. The fourth-order valence-electron chi connectivity index (χ4n) is 2.29. The summed E-state index contributed by atoms with van der Waals surface area (Å²) in [6.07, 6.45) is 0. The lowest BCUT2D eigenvalue weighted by Gasteiger charge is -2.10. The summed E-state index contributed by atoms with van der Waals surface area (Å²) in [6, 6.07) is 13.3. The van der Waals surface area contributed by atoms with E-state index in [1.165, 1.54) is 30.3 Å². The maximum atomic E-state index is 13.9. The second-order valence-corrected chi connectivity index (χ2v) is 6.21. The summed E-state index contributed by atoms with van der Waals surface area (Å²) in [4.78, 5) is 24.2. The van der Waals surface area contributed by atoms with Crippen LogP contribution in [0, 0.1) is 5.82 Å². The Morgan fingerprint density at radius 3 is 2.65 bits per heavy atom. The molecule has 0 spiro atoms. The lowest BCUT2D eigenvalue weighted by atomic mass is 10.1. The van der Waals surface area contributed by atoms with E-state index >= 15 is 0 Å². The Morgan fingerprint density at radius 1 is 1.12 bits per heavy atom. The van der Waals surface area contributed by atoms with E-state index in [1.807, 2.05) is 0 Å². The van der Waals surface area contributed by atoms with Crippen molar-refractivity contribution in [1.29, 1.82) is 0 Å². The van der Waals surface area contributed by atoms with Crippen LogP contribution in [0.25, 0.3) is 11.3 Å². The first-order chi connectivity index (χ1) is 12.4. The van der Waals surface area contributed by atoms with Gasteiger partial charge in [0.25, 0.3) is 5.56 Å². The monoisotopic (exact) mass is 391 g/mol. The Hall–Kier alpha value is -2.70. The highest BCUT2D eigenvalue weighted by Crippen LogP contribution is 2.25. The van der Waals surface area contributed by atoms with Crippen molar-refractivity contribution >= 4 is 34.8 Å². The van der Waals surface area contributed by atoms with E-state index in [4.69, 9.17) is 23.2 Å². The number of hydrogen-bond donors (Lipinski definition) is 1. The van der Waals surface area contributed by atoms with Crippen LogP contribution in [0.4, 0.5) is 10.1 Å². The molecule has 5 nitrogen and oxygen atoms in total. The van der Waals surface area contributed by atoms with Crippen molar-refractivity contribution in [3.05, 3.63) is 80.8 Å². The fourth-order valence-corrected chi connectivity index (χ4v) is 2.63. The van der Waals surface area contributed by atoms with Gasteiger partial charge in [0, 0.05) is 16.7 Å². The largest absolute Gasteiger partial charge is 0.323 e. The fraction of sp³-hybridized carbons (Fsp3) is 0.0556. The van der Waals surface area contributed by atoms with E-state index in [0.29, 0.717) is 15.7 Å². The smallest absolute Gasteiger partial charge is 0.267 e. The molecule has 0 aliphatic rings. The van der Waals surface area contributed by atoms with Gasteiger partial charge in [-0.25, -0.2) is 9.07 Å². The van der Waals surface area contributed by atoms with Crippen molar-refractivity contribution in [2.75, 3.05) is 5.32 Å². The van der Waals surface area contributed by atoms with Crippen molar-refractivity contribution < 1.29 is 9.18 Å². The number of hydrogen-bond acceptors (Lipinski definition) is 3. The van der Waals surface area contributed by atoms with Crippen LogP contribution in [0.15, 0.2) is 59.4 Å². The number of anilines is 1. The van der Waals surface area contributed by atoms with Gasteiger partial charge in [0.05, 0.1) is 16.4 Å². The summed E-state index contributed by atoms with van der Waals surface area (Å²) in [5.41, 5.74) is 0.315. The molecule has 8 heteroatoms. The number of nitrogens with one attached hydrogen (secondary N) is 1. The summed E-state index contributed by atoms with van der Waals surface area (Å²) in [5.74, 6) is -0.991. The van der Waals surface area contributed by atoms with Crippen molar-refractivity contribution in [3.8, 4) is 11.3 Å². The van der Waals surface area contributed by atoms with Gasteiger partial charge in [-0.15, -0.1) is 0 Å². The molecule has 0 aliphatic heterocycles. The summed E-state index contributed by atoms with van der Waals surface area (Å²) < 4.78 is 14.9. The molecule has 0 aliphatic carbocycles. The van der Waals surface area contributed by atoms with Crippen molar-refractivity contribution in [2.45, 2.75) is 6.54 Å². The molecule has 0 atom stereocenters. The molecular formula is C18H12Cl2FN3O2. The highest BCUT2D eigenvalue weighted by molar-refractivity contribution is 6.35. The zero-order valence-corrected chi connectivity index (χ0v) is 14.8. The molecule has 132 valence electrons. The Morgan fingerprint density at radius 2 is 1.88 bits per heavy atom. The van der Waals surface area contributed by atoms with Crippen molar-refractivity contribution in [1.82, 2.24) is 9.78 Å². The summed E-state index contributed by atoms with van der Waals surface area (Å²) in [7, 11) is 0. The van der Waals surface area contributed by atoms with Gasteiger partial charge in [-0.05, 0) is 36.4 Å². The molecule has 1 N–H and O–H groups in total. The van der Waals surface area contributed by atoms with Gasteiger partial charge in [-0.1, -0.05) is 35.3 Å². The van der Waals surface area contributed by atoms with E-state index in [2.05, 4.69) is 10.4 Å². The van der Waals surface area contributed by atoms with Gasteiger partial charge in [-0.3, -0.25) is 9.59 Å². The average Bonchev–Trinajstić information content (AvgIpc) is 2.61. The minimum absolute atomic E-state index is 0.236. The number of halogens is 3. The SMILES string of the molecule is O=C(Cn1nc(-c2ccccc2F)ccc1=O)Nc1cc(Cl)ccc1Cl. The molecule has 3 rings (SSSR count). The number of carbonyl (C=O) groups excluding carboxylic acids is 1. The highest BCUT2D eigenvalue weighted by Gasteiger charge is 2.12. The predicted octanol–water partition coefficient (Wildman–Crippen LogP) is 3.99. The summed E-state index contributed by atoms with van der Waals surface area (Å²) in [5, 5.41) is 7.35. The molecule has 1 aromatic heterocycles. The quantitative estimate of drug-likeness (QED) is 0.730. The minimum atomic E-state index is -0.519. The average molecular weight is 392 g/mol.